The summed E-state index contributed by atoms with van der Waals surface area (Å²) in [5.74, 6) is 0.897. The van der Waals surface area contributed by atoms with Crippen LogP contribution in [0.25, 0.3) is 0 Å². The molecule has 76 valence electrons. The lowest BCUT2D eigenvalue weighted by atomic mass is 10.0. The minimum Gasteiger partial charge on any atom is -0.369 e. The summed E-state index contributed by atoms with van der Waals surface area (Å²) in [6.45, 7) is 4.33. The number of nitrogens with one attached hydrogen (secondary N) is 1. The Morgan fingerprint density at radius 1 is 1.36 bits per heavy atom. The van der Waals surface area contributed by atoms with Gasteiger partial charge in [0.25, 0.3) is 0 Å². The lowest BCUT2D eigenvalue weighted by Gasteiger charge is -2.07. The van der Waals surface area contributed by atoms with Gasteiger partial charge in [0.05, 0.1) is 16.1 Å². The maximum Gasteiger partial charge on any atom is 0.204 e. The van der Waals surface area contributed by atoms with Crippen molar-refractivity contribution in [1.82, 2.24) is 0 Å². The number of hydrogen-bond donors (Lipinski definition) is 2. The number of guanidine groups is 1. The summed E-state index contributed by atoms with van der Waals surface area (Å²) < 4.78 is 3.64. The number of benzene rings is 1. The van der Waals surface area contributed by atoms with Gasteiger partial charge >= 0.3 is 0 Å². The SMILES string of the molecule is CC(C)c1ccc(NC(N)=NBr)cc1. The maximum absolute atomic E-state index is 5.49. The standard InChI is InChI=1S/C10H14BrN3/c1-7(2)8-3-5-9(6-4-8)13-10(12)14-11/h3-7H,1-2H3,(H3,12,13,14). The molecule has 0 aliphatic carbocycles. The Morgan fingerprint density at radius 3 is 2.36 bits per heavy atom. The normalized spacial score (nSPS) is 11.9. The van der Waals surface area contributed by atoms with Crippen LogP contribution in [0.2, 0.25) is 0 Å². The Labute approximate surface area is 92.8 Å². The van der Waals surface area contributed by atoms with E-state index in [0.717, 1.165) is 5.69 Å². The first-order chi connectivity index (χ1) is 6.63. The molecule has 0 aromatic heterocycles. The Morgan fingerprint density at radius 2 is 1.93 bits per heavy atom. The lowest BCUT2D eigenvalue weighted by Crippen LogP contribution is -2.21. The van der Waals surface area contributed by atoms with Crippen LogP contribution in [-0.2, 0) is 0 Å². The molecule has 0 unspecified atom stereocenters. The van der Waals surface area contributed by atoms with Crippen molar-refractivity contribution in [3.8, 4) is 0 Å². The van der Waals surface area contributed by atoms with Gasteiger partial charge in [0.1, 0.15) is 0 Å². The Hall–Kier alpha value is -1.03. The number of rotatable bonds is 2. The highest BCUT2D eigenvalue weighted by atomic mass is 79.9. The number of halogens is 1. The molecule has 0 bridgehead atoms. The highest BCUT2D eigenvalue weighted by Gasteiger charge is 1.98. The summed E-state index contributed by atoms with van der Waals surface area (Å²) >= 11 is 2.91. The zero-order valence-electron chi connectivity index (χ0n) is 8.29. The van der Waals surface area contributed by atoms with Crippen molar-refractivity contribution in [1.29, 1.82) is 0 Å². The van der Waals surface area contributed by atoms with Gasteiger partial charge in [-0.2, -0.15) is 4.02 Å². The Bertz CT molecular complexity index is 317. The minimum absolute atomic E-state index is 0.349. The second-order valence-electron chi connectivity index (χ2n) is 3.37. The molecule has 0 spiro atoms. The molecule has 4 heteroatoms. The number of nitrogens with zero attached hydrogens (tertiary/aromatic N) is 1. The molecular weight excluding hydrogens is 242 g/mol. The van der Waals surface area contributed by atoms with Crippen LogP contribution in [0.3, 0.4) is 0 Å². The first kappa shape index (κ1) is 11.0. The number of hydrogen-bond acceptors (Lipinski definition) is 1. The topological polar surface area (TPSA) is 50.4 Å². The Balaban J connectivity index is 2.74. The van der Waals surface area contributed by atoms with Crippen LogP contribution in [0.5, 0.6) is 0 Å². The summed E-state index contributed by atoms with van der Waals surface area (Å²) in [7, 11) is 0. The zero-order valence-corrected chi connectivity index (χ0v) is 9.88. The van der Waals surface area contributed by atoms with E-state index in [-0.39, 0.29) is 0 Å². The van der Waals surface area contributed by atoms with Crippen LogP contribution in [-0.4, -0.2) is 5.96 Å². The second kappa shape index (κ2) is 5.00. The van der Waals surface area contributed by atoms with Crippen molar-refractivity contribution < 1.29 is 0 Å². The third-order valence-electron chi connectivity index (χ3n) is 1.94. The van der Waals surface area contributed by atoms with E-state index in [1.807, 2.05) is 12.1 Å². The molecule has 0 amide bonds. The van der Waals surface area contributed by atoms with Crippen molar-refractivity contribution in [3.63, 3.8) is 0 Å². The lowest BCUT2D eigenvalue weighted by molar-refractivity contribution is 0.867. The van der Waals surface area contributed by atoms with Gasteiger partial charge in [-0.3, -0.25) is 0 Å². The van der Waals surface area contributed by atoms with E-state index in [1.54, 1.807) is 0 Å². The minimum atomic E-state index is 0.349. The smallest absolute Gasteiger partial charge is 0.204 e. The number of anilines is 1. The second-order valence-corrected chi connectivity index (χ2v) is 3.73. The molecule has 1 aromatic rings. The van der Waals surface area contributed by atoms with Crippen LogP contribution in [0.15, 0.2) is 28.3 Å². The molecule has 0 saturated heterocycles. The molecule has 0 fully saturated rings. The molecule has 0 saturated carbocycles. The molecule has 0 aliphatic heterocycles. The molecule has 0 heterocycles. The Kier molecular flexibility index (Phi) is 3.95. The van der Waals surface area contributed by atoms with E-state index >= 15 is 0 Å². The summed E-state index contributed by atoms with van der Waals surface area (Å²) in [5, 5.41) is 2.94. The number of nitrogens with two attached hydrogens (primary N) is 1. The van der Waals surface area contributed by atoms with Gasteiger partial charge < -0.3 is 11.1 Å². The molecule has 1 rings (SSSR count). The zero-order chi connectivity index (χ0) is 10.6. The van der Waals surface area contributed by atoms with E-state index in [9.17, 15) is 0 Å². The predicted molar refractivity (Wildman–Crippen MR) is 64.7 cm³/mol. The van der Waals surface area contributed by atoms with Gasteiger partial charge in [-0.15, -0.1) is 0 Å². The predicted octanol–water partition coefficient (Wildman–Crippen LogP) is 2.85. The molecule has 0 atom stereocenters. The fourth-order valence-corrected chi connectivity index (χ4v) is 1.21. The van der Waals surface area contributed by atoms with Crippen molar-refractivity contribution in [2.45, 2.75) is 19.8 Å². The third-order valence-corrected chi connectivity index (χ3v) is 2.32. The summed E-state index contributed by atoms with van der Waals surface area (Å²) in [6, 6.07) is 8.13. The summed E-state index contributed by atoms with van der Waals surface area (Å²) in [6.07, 6.45) is 0. The molecule has 3 N–H and O–H groups in total. The van der Waals surface area contributed by atoms with E-state index in [2.05, 4.69) is 51.5 Å². The van der Waals surface area contributed by atoms with Crippen molar-refractivity contribution in [3.05, 3.63) is 29.8 Å². The highest BCUT2D eigenvalue weighted by molar-refractivity contribution is 9.08. The molecule has 0 aliphatic rings. The molecule has 3 nitrogen and oxygen atoms in total. The van der Waals surface area contributed by atoms with E-state index in [4.69, 9.17) is 5.73 Å². The monoisotopic (exact) mass is 255 g/mol. The quantitative estimate of drug-likeness (QED) is 0.631. The van der Waals surface area contributed by atoms with Gasteiger partial charge in [-0.1, -0.05) is 26.0 Å². The van der Waals surface area contributed by atoms with Crippen molar-refractivity contribution in [2.75, 3.05) is 5.32 Å². The summed E-state index contributed by atoms with van der Waals surface area (Å²) in [5.41, 5.74) is 7.74. The van der Waals surface area contributed by atoms with Crippen molar-refractivity contribution in [2.24, 2.45) is 9.75 Å². The van der Waals surface area contributed by atoms with E-state index < -0.39 is 0 Å². The van der Waals surface area contributed by atoms with Gasteiger partial charge in [0, 0.05) is 5.69 Å². The summed E-state index contributed by atoms with van der Waals surface area (Å²) in [4.78, 5) is 0. The average Bonchev–Trinajstić information content (AvgIpc) is 2.18. The van der Waals surface area contributed by atoms with Crippen molar-refractivity contribution >= 4 is 27.8 Å². The van der Waals surface area contributed by atoms with Gasteiger partial charge in [0.2, 0.25) is 5.96 Å². The van der Waals surface area contributed by atoms with Crippen LogP contribution >= 0.6 is 16.1 Å². The highest BCUT2D eigenvalue weighted by Crippen LogP contribution is 2.16. The fraction of sp³-hybridized carbons (Fsp3) is 0.300. The van der Waals surface area contributed by atoms with Crippen LogP contribution in [0.1, 0.15) is 25.3 Å². The molecule has 14 heavy (non-hydrogen) atoms. The maximum atomic E-state index is 5.49. The molecule has 1 aromatic carbocycles. The molecule has 0 radical (unpaired) electrons. The van der Waals surface area contributed by atoms with Gasteiger partial charge in [-0.25, -0.2) is 0 Å². The van der Waals surface area contributed by atoms with E-state index in [1.165, 1.54) is 5.56 Å². The van der Waals surface area contributed by atoms with Gasteiger partial charge in [0.15, 0.2) is 0 Å². The first-order valence-electron chi connectivity index (χ1n) is 4.45. The van der Waals surface area contributed by atoms with Crippen LogP contribution < -0.4 is 11.1 Å². The molecular formula is C10H14BrN3. The van der Waals surface area contributed by atoms with Gasteiger partial charge in [-0.05, 0) is 23.6 Å². The van der Waals surface area contributed by atoms with Crippen LogP contribution in [0.4, 0.5) is 5.69 Å². The third kappa shape index (κ3) is 3.03. The first-order valence-corrected chi connectivity index (χ1v) is 5.16. The largest absolute Gasteiger partial charge is 0.369 e. The van der Waals surface area contributed by atoms with E-state index in [0.29, 0.717) is 11.9 Å². The average molecular weight is 256 g/mol. The fourth-order valence-electron chi connectivity index (χ4n) is 1.12. The van der Waals surface area contributed by atoms with Crippen LogP contribution in [0, 0.1) is 0 Å².